The second-order valence-corrected chi connectivity index (χ2v) is 7.05. The monoisotopic (exact) mass is 422 g/mol. The quantitative estimate of drug-likeness (QED) is 0.776. The van der Waals surface area contributed by atoms with Crippen molar-refractivity contribution >= 4 is 21.8 Å². The van der Waals surface area contributed by atoms with Gasteiger partial charge in [0.2, 0.25) is 5.91 Å². The first-order valence-corrected chi connectivity index (χ1v) is 9.09. The summed E-state index contributed by atoms with van der Waals surface area (Å²) in [7, 11) is 0. The molecule has 1 amide bonds. The molecule has 7 heteroatoms. The van der Waals surface area contributed by atoms with Crippen molar-refractivity contribution in [2.24, 2.45) is 5.73 Å². The number of primary amides is 1. The highest BCUT2D eigenvalue weighted by atomic mass is 79.9. The van der Waals surface area contributed by atoms with Crippen LogP contribution in [0.1, 0.15) is 11.1 Å². The molecule has 1 aliphatic rings. The molecule has 3 rings (SSSR count). The van der Waals surface area contributed by atoms with Gasteiger partial charge in [0.05, 0.1) is 13.2 Å². The van der Waals surface area contributed by atoms with Crippen LogP contribution in [0.5, 0.6) is 5.75 Å². The number of ether oxygens (including phenoxy) is 2. The Morgan fingerprint density at radius 2 is 2.19 bits per heavy atom. The molecule has 0 radical (unpaired) electrons. The number of benzene rings is 2. The molecule has 138 valence electrons. The molecule has 1 fully saturated rings. The lowest BCUT2D eigenvalue weighted by Crippen LogP contribution is -2.51. The molecule has 0 bridgehead atoms. The van der Waals surface area contributed by atoms with Gasteiger partial charge in [-0.3, -0.25) is 9.69 Å². The van der Waals surface area contributed by atoms with E-state index in [9.17, 15) is 9.18 Å². The summed E-state index contributed by atoms with van der Waals surface area (Å²) in [4.78, 5) is 13.4. The van der Waals surface area contributed by atoms with Gasteiger partial charge in [0, 0.05) is 29.2 Å². The minimum absolute atomic E-state index is 0.241. The third-order valence-corrected chi connectivity index (χ3v) is 4.75. The van der Waals surface area contributed by atoms with Crippen LogP contribution in [-0.4, -0.2) is 36.6 Å². The average molecular weight is 423 g/mol. The molecule has 1 heterocycles. The number of rotatable bonds is 6. The molecule has 0 aromatic heterocycles. The Kier molecular flexibility index (Phi) is 6.24. The number of hydrogen-bond acceptors (Lipinski definition) is 4. The highest BCUT2D eigenvalue weighted by Gasteiger charge is 2.28. The van der Waals surface area contributed by atoms with Crippen molar-refractivity contribution in [3.8, 4) is 5.75 Å². The summed E-state index contributed by atoms with van der Waals surface area (Å²) in [5, 5.41) is 0. The second-order valence-electron chi connectivity index (χ2n) is 6.14. The summed E-state index contributed by atoms with van der Waals surface area (Å²) in [6.07, 6.45) is 0. The number of nitrogens with zero attached hydrogens (tertiary/aromatic N) is 1. The fraction of sp³-hybridized carbons (Fsp3) is 0.316. The zero-order valence-electron chi connectivity index (χ0n) is 14.2. The molecule has 5 nitrogen and oxygen atoms in total. The van der Waals surface area contributed by atoms with Crippen molar-refractivity contribution in [1.82, 2.24) is 4.90 Å². The van der Waals surface area contributed by atoms with Gasteiger partial charge in [-0.05, 0) is 23.8 Å². The van der Waals surface area contributed by atoms with Gasteiger partial charge in [0.25, 0.3) is 0 Å². The van der Waals surface area contributed by atoms with E-state index in [1.165, 1.54) is 6.07 Å². The van der Waals surface area contributed by atoms with E-state index in [1.54, 1.807) is 12.1 Å². The Bertz CT molecular complexity index is 787. The number of hydrogen-bond donors (Lipinski definition) is 1. The van der Waals surface area contributed by atoms with Gasteiger partial charge < -0.3 is 15.2 Å². The largest absolute Gasteiger partial charge is 0.489 e. The summed E-state index contributed by atoms with van der Waals surface area (Å²) >= 11 is 3.41. The van der Waals surface area contributed by atoms with Gasteiger partial charge in [-0.15, -0.1) is 0 Å². The minimum Gasteiger partial charge on any atom is -0.489 e. The summed E-state index contributed by atoms with van der Waals surface area (Å²) in [5.41, 5.74) is 6.88. The second kappa shape index (κ2) is 8.62. The van der Waals surface area contributed by atoms with Crippen LogP contribution in [0, 0.1) is 5.82 Å². The van der Waals surface area contributed by atoms with E-state index in [0.29, 0.717) is 37.6 Å². The molecular formula is C19H20BrFN2O3. The number of halogens is 2. The number of morpholine rings is 1. The smallest absolute Gasteiger partial charge is 0.237 e. The van der Waals surface area contributed by atoms with Crippen LogP contribution in [0.2, 0.25) is 0 Å². The van der Waals surface area contributed by atoms with E-state index in [-0.39, 0.29) is 12.4 Å². The van der Waals surface area contributed by atoms with Crippen LogP contribution in [0.25, 0.3) is 0 Å². The Balaban J connectivity index is 1.64. The van der Waals surface area contributed by atoms with E-state index >= 15 is 0 Å². The highest BCUT2D eigenvalue weighted by Crippen LogP contribution is 2.21. The summed E-state index contributed by atoms with van der Waals surface area (Å²) < 4.78 is 26.4. The summed E-state index contributed by atoms with van der Waals surface area (Å²) in [5.74, 6) is -0.370. The van der Waals surface area contributed by atoms with E-state index in [4.69, 9.17) is 15.2 Å². The van der Waals surface area contributed by atoms with Crippen molar-refractivity contribution in [2.45, 2.75) is 19.2 Å². The first-order valence-electron chi connectivity index (χ1n) is 8.29. The van der Waals surface area contributed by atoms with Crippen molar-refractivity contribution in [3.05, 3.63) is 63.9 Å². The zero-order valence-corrected chi connectivity index (χ0v) is 15.7. The summed E-state index contributed by atoms with van der Waals surface area (Å²) in [6.45, 7) is 1.93. The molecular weight excluding hydrogens is 403 g/mol. The normalized spacial score (nSPS) is 17.8. The number of carbonyl (C=O) groups excluding carboxylic acids is 1. The number of amides is 1. The topological polar surface area (TPSA) is 64.8 Å². The standard InChI is InChI=1S/C19H20BrFN2O3/c20-15-3-1-2-13(8-15)11-26-16-5-4-14(17(21)9-16)10-23-6-7-25-12-18(23)19(22)24/h1-5,8-9,18H,6-7,10-12H2,(H2,22,24). The predicted molar refractivity (Wildman–Crippen MR) is 99.1 cm³/mol. The molecule has 0 saturated carbocycles. The van der Waals surface area contributed by atoms with Crippen LogP contribution in [0.3, 0.4) is 0 Å². The Hall–Kier alpha value is -1.96. The molecule has 1 unspecified atom stereocenters. The molecule has 1 aliphatic heterocycles. The minimum atomic E-state index is -0.532. The van der Waals surface area contributed by atoms with Gasteiger partial charge >= 0.3 is 0 Å². The fourth-order valence-electron chi connectivity index (χ4n) is 2.85. The van der Waals surface area contributed by atoms with Crippen LogP contribution in [0.4, 0.5) is 4.39 Å². The van der Waals surface area contributed by atoms with Gasteiger partial charge in [-0.25, -0.2) is 4.39 Å². The van der Waals surface area contributed by atoms with Crippen molar-refractivity contribution in [2.75, 3.05) is 19.8 Å². The molecule has 2 aromatic carbocycles. The predicted octanol–water partition coefficient (Wildman–Crippen LogP) is 2.85. The van der Waals surface area contributed by atoms with Crippen molar-refractivity contribution in [1.29, 1.82) is 0 Å². The maximum atomic E-state index is 14.5. The molecule has 2 aromatic rings. The number of nitrogens with two attached hydrogens (primary N) is 1. The lowest BCUT2D eigenvalue weighted by atomic mass is 10.1. The Labute approximate surface area is 160 Å². The maximum Gasteiger partial charge on any atom is 0.237 e. The van der Waals surface area contributed by atoms with Gasteiger partial charge in [0.1, 0.15) is 24.2 Å². The fourth-order valence-corrected chi connectivity index (χ4v) is 3.29. The van der Waals surface area contributed by atoms with Crippen molar-refractivity contribution < 1.29 is 18.7 Å². The lowest BCUT2D eigenvalue weighted by molar-refractivity contribution is -0.129. The van der Waals surface area contributed by atoms with E-state index < -0.39 is 11.9 Å². The Morgan fingerprint density at radius 1 is 1.35 bits per heavy atom. The summed E-state index contributed by atoms with van der Waals surface area (Å²) in [6, 6.07) is 12.0. The first kappa shape index (κ1) is 18.8. The van der Waals surface area contributed by atoms with Crippen LogP contribution >= 0.6 is 15.9 Å². The van der Waals surface area contributed by atoms with Gasteiger partial charge in [-0.1, -0.05) is 34.1 Å². The maximum absolute atomic E-state index is 14.5. The average Bonchev–Trinajstić information content (AvgIpc) is 2.62. The molecule has 0 spiro atoms. The third-order valence-electron chi connectivity index (χ3n) is 4.26. The van der Waals surface area contributed by atoms with Crippen LogP contribution in [0.15, 0.2) is 46.9 Å². The van der Waals surface area contributed by atoms with Gasteiger partial charge in [0.15, 0.2) is 0 Å². The zero-order chi connectivity index (χ0) is 18.5. The lowest BCUT2D eigenvalue weighted by Gasteiger charge is -2.33. The van der Waals surface area contributed by atoms with Gasteiger partial charge in [-0.2, -0.15) is 0 Å². The SMILES string of the molecule is NC(=O)C1COCCN1Cc1ccc(OCc2cccc(Br)c2)cc1F. The third kappa shape index (κ3) is 4.81. The molecule has 2 N–H and O–H groups in total. The molecule has 1 saturated heterocycles. The number of carbonyl (C=O) groups is 1. The Morgan fingerprint density at radius 3 is 2.92 bits per heavy atom. The van der Waals surface area contributed by atoms with E-state index in [2.05, 4.69) is 15.9 Å². The van der Waals surface area contributed by atoms with Crippen LogP contribution < -0.4 is 10.5 Å². The first-order chi connectivity index (χ1) is 12.5. The van der Waals surface area contributed by atoms with E-state index in [1.807, 2.05) is 29.2 Å². The van der Waals surface area contributed by atoms with E-state index in [0.717, 1.165) is 10.0 Å². The molecule has 1 atom stereocenters. The highest BCUT2D eigenvalue weighted by molar-refractivity contribution is 9.10. The van der Waals surface area contributed by atoms with Crippen molar-refractivity contribution in [3.63, 3.8) is 0 Å². The molecule has 26 heavy (non-hydrogen) atoms. The van der Waals surface area contributed by atoms with Crippen LogP contribution in [-0.2, 0) is 22.7 Å². The molecule has 0 aliphatic carbocycles.